The molecule has 0 aliphatic heterocycles. The molecule has 2 aromatic rings. The van der Waals surface area contributed by atoms with Crippen LogP contribution in [0.5, 0.6) is 0 Å². The fraction of sp³-hybridized carbons (Fsp3) is 0.364. The maximum Gasteiger partial charge on any atom is 0.251 e. The first-order chi connectivity index (χ1) is 13.4. The first-order valence-electron chi connectivity index (χ1n) is 9.62. The third kappa shape index (κ3) is 5.81. The van der Waals surface area contributed by atoms with Crippen molar-refractivity contribution in [3.63, 3.8) is 0 Å². The van der Waals surface area contributed by atoms with Crippen LogP contribution >= 0.6 is 11.6 Å². The molecule has 0 heterocycles. The van der Waals surface area contributed by atoms with Crippen LogP contribution in [0.4, 0.5) is 5.69 Å². The number of hydrogen-bond acceptors (Lipinski definition) is 3. The van der Waals surface area contributed by atoms with E-state index in [-0.39, 0.29) is 24.4 Å². The monoisotopic (exact) mass is 399 g/mol. The van der Waals surface area contributed by atoms with Gasteiger partial charge < -0.3 is 16.0 Å². The molecule has 6 heteroatoms. The Labute approximate surface area is 170 Å². The highest BCUT2D eigenvalue weighted by Crippen LogP contribution is 2.23. The predicted octanol–water partition coefficient (Wildman–Crippen LogP) is 4.16. The van der Waals surface area contributed by atoms with Crippen molar-refractivity contribution in [3.05, 3.63) is 64.7 Å². The van der Waals surface area contributed by atoms with Gasteiger partial charge in [0.05, 0.1) is 6.54 Å². The number of rotatable bonds is 8. The van der Waals surface area contributed by atoms with E-state index in [4.69, 9.17) is 11.6 Å². The summed E-state index contributed by atoms with van der Waals surface area (Å²) in [6.07, 6.45) is 2.08. The molecule has 0 radical (unpaired) electrons. The predicted molar refractivity (Wildman–Crippen MR) is 113 cm³/mol. The van der Waals surface area contributed by atoms with Gasteiger partial charge in [-0.3, -0.25) is 9.59 Å². The smallest absolute Gasteiger partial charge is 0.251 e. The average Bonchev–Trinajstić information content (AvgIpc) is 3.47. The number of halogens is 1. The molecule has 1 saturated carbocycles. The number of carbonyl (C=O) groups excluding carboxylic acids is 2. The fourth-order valence-electron chi connectivity index (χ4n) is 3.05. The summed E-state index contributed by atoms with van der Waals surface area (Å²) in [6.45, 7) is 4.38. The van der Waals surface area contributed by atoms with Crippen molar-refractivity contribution in [1.29, 1.82) is 0 Å². The fourth-order valence-corrected chi connectivity index (χ4v) is 3.18. The summed E-state index contributed by atoms with van der Waals surface area (Å²) in [6, 6.07) is 15.0. The summed E-state index contributed by atoms with van der Waals surface area (Å²) in [7, 11) is 0. The minimum absolute atomic E-state index is 0.0404. The molecule has 3 N–H and O–H groups in total. The number of hydrogen-bond donors (Lipinski definition) is 3. The number of benzene rings is 2. The van der Waals surface area contributed by atoms with E-state index >= 15 is 0 Å². The number of amides is 2. The van der Waals surface area contributed by atoms with E-state index in [1.165, 1.54) is 0 Å². The molecule has 0 aromatic heterocycles. The first-order valence-corrected chi connectivity index (χ1v) is 10.00. The minimum atomic E-state index is -0.153. The van der Waals surface area contributed by atoms with Gasteiger partial charge in [0, 0.05) is 28.4 Å². The van der Waals surface area contributed by atoms with Gasteiger partial charge in [0.1, 0.15) is 0 Å². The maximum absolute atomic E-state index is 12.4. The molecule has 0 bridgehead atoms. The Hall–Kier alpha value is -2.37. The lowest BCUT2D eigenvalue weighted by molar-refractivity contribution is -0.115. The van der Waals surface area contributed by atoms with Crippen LogP contribution in [0, 0.1) is 5.92 Å². The second-order valence-corrected chi connectivity index (χ2v) is 7.97. The molecular weight excluding hydrogens is 374 g/mol. The first kappa shape index (κ1) is 20.4. The molecule has 1 aliphatic carbocycles. The van der Waals surface area contributed by atoms with E-state index < -0.39 is 0 Å². The van der Waals surface area contributed by atoms with Crippen LogP contribution in [-0.2, 0) is 4.79 Å². The van der Waals surface area contributed by atoms with Crippen molar-refractivity contribution < 1.29 is 9.59 Å². The normalized spacial score (nSPS) is 14.6. The number of carbonyl (C=O) groups is 2. The van der Waals surface area contributed by atoms with E-state index in [0.29, 0.717) is 28.2 Å². The molecule has 1 atom stereocenters. The van der Waals surface area contributed by atoms with Gasteiger partial charge in [-0.15, -0.1) is 0 Å². The number of nitrogens with one attached hydrogen (secondary N) is 3. The zero-order chi connectivity index (χ0) is 20.1. The van der Waals surface area contributed by atoms with Crippen molar-refractivity contribution in [2.24, 2.45) is 5.92 Å². The second-order valence-electron chi connectivity index (χ2n) is 7.53. The lowest BCUT2D eigenvalue weighted by Gasteiger charge is -2.23. The van der Waals surface area contributed by atoms with Crippen molar-refractivity contribution in [3.8, 4) is 0 Å². The summed E-state index contributed by atoms with van der Waals surface area (Å²) in [5, 5.41) is 9.81. The lowest BCUT2D eigenvalue weighted by Crippen LogP contribution is -2.33. The zero-order valence-electron chi connectivity index (χ0n) is 16.2. The van der Waals surface area contributed by atoms with Crippen LogP contribution in [0.3, 0.4) is 0 Å². The summed E-state index contributed by atoms with van der Waals surface area (Å²) >= 11 is 5.97. The highest BCUT2D eigenvalue weighted by atomic mass is 35.5. The quantitative estimate of drug-likeness (QED) is 0.624. The van der Waals surface area contributed by atoms with Crippen LogP contribution in [0.2, 0.25) is 5.02 Å². The van der Waals surface area contributed by atoms with Gasteiger partial charge >= 0.3 is 0 Å². The van der Waals surface area contributed by atoms with Crippen LogP contribution in [-0.4, -0.2) is 24.4 Å². The van der Waals surface area contributed by atoms with Gasteiger partial charge in [0.15, 0.2) is 0 Å². The summed E-state index contributed by atoms with van der Waals surface area (Å²) in [5.41, 5.74) is 2.26. The molecule has 1 unspecified atom stereocenters. The highest BCUT2D eigenvalue weighted by molar-refractivity contribution is 6.30. The summed E-state index contributed by atoms with van der Waals surface area (Å²) in [5.74, 6) is 0.0575. The zero-order valence-corrected chi connectivity index (χ0v) is 16.9. The standard InChI is InChI=1S/C22H26ClN3O2/c1-14(2)21(15-6-8-17(23)9-7-15)24-13-20(27)25-19-5-3-4-16(12-19)22(28)26-18-10-11-18/h3-9,12,14,18,21,24H,10-11,13H2,1-2H3,(H,25,27)(H,26,28). The molecule has 5 nitrogen and oxygen atoms in total. The minimum Gasteiger partial charge on any atom is -0.349 e. The highest BCUT2D eigenvalue weighted by Gasteiger charge is 2.24. The second kappa shape index (κ2) is 9.22. The molecule has 1 fully saturated rings. The maximum atomic E-state index is 12.4. The molecule has 0 spiro atoms. The van der Waals surface area contributed by atoms with Crippen LogP contribution in [0.25, 0.3) is 0 Å². The van der Waals surface area contributed by atoms with E-state index in [9.17, 15) is 9.59 Å². The molecule has 148 valence electrons. The lowest BCUT2D eigenvalue weighted by atomic mass is 9.96. The molecule has 0 saturated heterocycles. The largest absolute Gasteiger partial charge is 0.349 e. The van der Waals surface area contributed by atoms with Crippen molar-refractivity contribution in [2.45, 2.75) is 38.8 Å². The third-order valence-corrected chi connectivity index (χ3v) is 4.95. The Balaban J connectivity index is 1.57. The molecular formula is C22H26ClN3O2. The third-order valence-electron chi connectivity index (χ3n) is 4.70. The Morgan fingerprint density at radius 2 is 1.82 bits per heavy atom. The van der Waals surface area contributed by atoms with Crippen molar-refractivity contribution >= 4 is 29.1 Å². The Morgan fingerprint density at radius 1 is 1.11 bits per heavy atom. The summed E-state index contributed by atoms with van der Waals surface area (Å²) < 4.78 is 0. The Kier molecular flexibility index (Phi) is 6.70. The van der Waals surface area contributed by atoms with Crippen LogP contribution in [0.1, 0.15) is 48.7 Å². The Bertz CT molecular complexity index is 832. The average molecular weight is 400 g/mol. The van der Waals surface area contributed by atoms with Gasteiger partial charge in [-0.05, 0) is 54.7 Å². The van der Waals surface area contributed by atoms with E-state index in [1.807, 2.05) is 24.3 Å². The van der Waals surface area contributed by atoms with Crippen molar-refractivity contribution in [2.75, 3.05) is 11.9 Å². The van der Waals surface area contributed by atoms with Gasteiger partial charge in [0.2, 0.25) is 5.91 Å². The molecule has 2 amide bonds. The Morgan fingerprint density at radius 3 is 2.46 bits per heavy atom. The van der Waals surface area contributed by atoms with Gasteiger partial charge in [-0.1, -0.05) is 43.6 Å². The van der Waals surface area contributed by atoms with Crippen LogP contribution < -0.4 is 16.0 Å². The topological polar surface area (TPSA) is 70.2 Å². The van der Waals surface area contributed by atoms with E-state index in [2.05, 4.69) is 29.8 Å². The SMILES string of the molecule is CC(C)C(NCC(=O)Nc1cccc(C(=O)NC2CC2)c1)c1ccc(Cl)cc1. The molecule has 3 rings (SSSR count). The molecule has 1 aliphatic rings. The number of anilines is 1. The van der Waals surface area contributed by atoms with Crippen LogP contribution in [0.15, 0.2) is 48.5 Å². The molecule has 28 heavy (non-hydrogen) atoms. The van der Waals surface area contributed by atoms with Gasteiger partial charge in [0.25, 0.3) is 5.91 Å². The van der Waals surface area contributed by atoms with Gasteiger partial charge in [-0.25, -0.2) is 0 Å². The van der Waals surface area contributed by atoms with E-state index in [0.717, 1.165) is 18.4 Å². The summed E-state index contributed by atoms with van der Waals surface area (Å²) in [4.78, 5) is 24.6. The van der Waals surface area contributed by atoms with Gasteiger partial charge in [-0.2, -0.15) is 0 Å². The molecule has 2 aromatic carbocycles. The van der Waals surface area contributed by atoms with Crippen molar-refractivity contribution in [1.82, 2.24) is 10.6 Å². The van der Waals surface area contributed by atoms with E-state index in [1.54, 1.807) is 24.3 Å².